The van der Waals surface area contributed by atoms with Gasteiger partial charge < -0.3 is 0 Å². The molecule has 0 aromatic heterocycles. The molecule has 0 saturated heterocycles. The van der Waals surface area contributed by atoms with Crippen molar-refractivity contribution in [3.63, 3.8) is 0 Å². The third-order valence-corrected chi connectivity index (χ3v) is 3.14. The zero-order chi connectivity index (χ0) is 11.8. The zero-order valence-corrected chi connectivity index (χ0v) is 10.1. The number of hydrogen-bond acceptors (Lipinski definition) is 0. The van der Waals surface area contributed by atoms with Gasteiger partial charge in [-0.15, -0.1) is 0 Å². The van der Waals surface area contributed by atoms with Gasteiger partial charge in [0.1, 0.15) is 0 Å². The first-order chi connectivity index (χ1) is 8.24. The molecule has 0 fully saturated rings. The van der Waals surface area contributed by atoms with E-state index in [1.807, 2.05) is 6.07 Å². The Morgan fingerprint density at radius 2 is 1.76 bits per heavy atom. The Labute approximate surface area is 102 Å². The molecule has 1 heteroatoms. The van der Waals surface area contributed by atoms with Gasteiger partial charge in [-0.2, -0.15) is 0 Å². The van der Waals surface area contributed by atoms with Crippen molar-refractivity contribution in [2.24, 2.45) is 0 Å². The second kappa shape index (κ2) is 3.77. The second-order valence-corrected chi connectivity index (χ2v) is 4.52. The highest BCUT2D eigenvalue weighted by atomic mass is 14.9. The highest BCUT2D eigenvalue weighted by Gasteiger charge is 2.15. The van der Waals surface area contributed by atoms with Gasteiger partial charge in [0, 0.05) is 11.1 Å². The highest BCUT2D eigenvalue weighted by molar-refractivity contribution is 5.92. The largest absolute Gasteiger partial charge is 0.248 e. The van der Waals surface area contributed by atoms with Gasteiger partial charge in [0.05, 0.1) is 11.4 Å². The molecule has 1 nitrogen and oxygen atoms in total. The summed E-state index contributed by atoms with van der Waals surface area (Å²) < 4.78 is 0. The standard InChI is InChI=1S/C16H14N/c1-11-7-8-12(2)14(9-11)16-10-13-5-3-4-6-15(13)17-16/h3-10H,1-2H3. The van der Waals surface area contributed by atoms with E-state index in [4.69, 9.17) is 0 Å². The Bertz CT molecular complexity index is 609. The molecule has 1 aliphatic rings. The topological polar surface area (TPSA) is 14.1 Å². The number of hydrogen-bond donors (Lipinski definition) is 0. The molecular formula is C16H14N. The maximum atomic E-state index is 4.68. The molecule has 0 atom stereocenters. The third kappa shape index (κ3) is 1.74. The van der Waals surface area contributed by atoms with Crippen LogP contribution in [-0.4, -0.2) is 0 Å². The van der Waals surface area contributed by atoms with Crippen LogP contribution in [0.25, 0.3) is 11.8 Å². The maximum absolute atomic E-state index is 4.68. The minimum Gasteiger partial charge on any atom is -0.248 e. The van der Waals surface area contributed by atoms with Crippen molar-refractivity contribution in [1.82, 2.24) is 5.32 Å². The first-order valence-electron chi connectivity index (χ1n) is 5.84. The van der Waals surface area contributed by atoms with Gasteiger partial charge in [0.25, 0.3) is 0 Å². The Hall–Kier alpha value is -2.02. The summed E-state index contributed by atoms with van der Waals surface area (Å²) in [6.07, 6.45) is 2.16. The van der Waals surface area contributed by atoms with E-state index in [9.17, 15) is 0 Å². The molecule has 0 N–H and O–H groups in total. The van der Waals surface area contributed by atoms with Crippen molar-refractivity contribution in [1.29, 1.82) is 0 Å². The van der Waals surface area contributed by atoms with Gasteiger partial charge in [-0.1, -0.05) is 35.9 Å². The van der Waals surface area contributed by atoms with Crippen LogP contribution in [-0.2, 0) is 0 Å². The van der Waals surface area contributed by atoms with E-state index in [-0.39, 0.29) is 0 Å². The molecule has 1 radical (unpaired) electrons. The Kier molecular flexibility index (Phi) is 2.25. The summed E-state index contributed by atoms with van der Waals surface area (Å²) >= 11 is 0. The lowest BCUT2D eigenvalue weighted by Gasteiger charge is -2.07. The molecule has 1 heterocycles. The fourth-order valence-electron chi connectivity index (χ4n) is 2.17. The van der Waals surface area contributed by atoms with Crippen LogP contribution in [0.1, 0.15) is 22.3 Å². The van der Waals surface area contributed by atoms with Crippen LogP contribution in [0.4, 0.5) is 5.69 Å². The van der Waals surface area contributed by atoms with Crippen LogP contribution in [0.5, 0.6) is 0 Å². The molecular weight excluding hydrogens is 206 g/mol. The molecule has 2 aromatic rings. The predicted octanol–water partition coefficient (Wildman–Crippen LogP) is 4.05. The fourth-order valence-corrected chi connectivity index (χ4v) is 2.17. The number of para-hydroxylation sites is 1. The molecule has 0 unspecified atom stereocenters. The van der Waals surface area contributed by atoms with Crippen LogP contribution in [0.15, 0.2) is 42.5 Å². The SMILES string of the molecule is Cc1ccc(C)c(C2=Cc3ccccc3[N]2)c1. The number of nitrogens with zero attached hydrogens (tertiary/aromatic N) is 1. The smallest absolute Gasteiger partial charge is 0.0719 e. The van der Waals surface area contributed by atoms with Gasteiger partial charge in [-0.05, 0) is 37.6 Å². The van der Waals surface area contributed by atoms with E-state index in [0.717, 1.165) is 11.4 Å². The first-order valence-corrected chi connectivity index (χ1v) is 5.84. The predicted molar refractivity (Wildman–Crippen MR) is 72.0 cm³/mol. The Morgan fingerprint density at radius 1 is 0.941 bits per heavy atom. The van der Waals surface area contributed by atoms with E-state index in [2.05, 4.69) is 61.6 Å². The summed E-state index contributed by atoms with van der Waals surface area (Å²) in [7, 11) is 0. The third-order valence-electron chi connectivity index (χ3n) is 3.14. The normalized spacial score (nSPS) is 12.9. The van der Waals surface area contributed by atoms with E-state index >= 15 is 0 Å². The van der Waals surface area contributed by atoms with E-state index in [1.165, 1.54) is 22.3 Å². The fraction of sp³-hybridized carbons (Fsp3) is 0.125. The maximum Gasteiger partial charge on any atom is 0.0719 e. The number of benzene rings is 2. The molecule has 1 aliphatic heterocycles. The summed E-state index contributed by atoms with van der Waals surface area (Å²) in [5.41, 5.74) is 7.15. The lowest BCUT2D eigenvalue weighted by atomic mass is 10.0. The van der Waals surface area contributed by atoms with Crippen LogP contribution < -0.4 is 5.32 Å². The average molecular weight is 220 g/mol. The van der Waals surface area contributed by atoms with Gasteiger partial charge in [0.2, 0.25) is 0 Å². The second-order valence-electron chi connectivity index (χ2n) is 4.52. The Balaban J connectivity index is 2.06. The minimum absolute atomic E-state index is 1.07. The molecule has 2 aromatic carbocycles. The monoisotopic (exact) mass is 220 g/mol. The molecule has 0 saturated carbocycles. The molecule has 0 spiro atoms. The van der Waals surface area contributed by atoms with Crippen molar-refractivity contribution < 1.29 is 0 Å². The van der Waals surface area contributed by atoms with Crippen molar-refractivity contribution in [3.8, 4) is 0 Å². The van der Waals surface area contributed by atoms with Crippen molar-refractivity contribution in [3.05, 3.63) is 64.7 Å². The summed E-state index contributed by atoms with van der Waals surface area (Å²) in [5.74, 6) is 0. The van der Waals surface area contributed by atoms with Gasteiger partial charge in [0.15, 0.2) is 0 Å². The number of aryl methyl sites for hydroxylation is 2. The molecule has 17 heavy (non-hydrogen) atoms. The molecule has 3 rings (SSSR count). The van der Waals surface area contributed by atoms with Crippen LogP contribution in [0.2, 0.25) is 0 Å². The van der Waals surface area contributed by atoms with E-state index in [0.29, 0.717) is 0 Å². The number of rotatable bonds is 1. The summed E-state index contributed by atoms with van der Waals surface area (Å²) in [5, 5.41) is 4.68. The summed E-state index contributed by atoms with van der Waals surface area (Å²) in [4.78, 5) is 0. The summed E-state index contributed by atoms with van der Waals surface area (Å²) in [6, 6.07) is 14.8. The van der Waals surface area contributed by atoms with Gasteiger partial charge in [-0.25, -0.2) is 5.32 Å². The van der Waals surface area contributed by atoms with Crippen LogP contribution >= 0.6 is 0 Å². The highest BCUT2D eigenvalue weighted by Crippen LogP contribution is 2.33. The van der Waals surface area contributed by atoms with Crippen molar-refractivity contribution in [2.75, 3.05) is 0 Å². The first kappa shape index (κ1) is 10.2. The minimum atomic E-state index is 1.07. The summed E-state index contributed by atoms with van der Waals surface area (Å²) in [6.45, 7) is 4.25. The molecule has 0 aliphatic carbocycles. The van der Waals surface area contributed by atoms with Gasteiger partial charge in [-0.3, -0.25) is 0 Å². The van der Waals surface area contributed by atoms with Crippen molar-refractivity contribution in [2.45, 2.75) is 13.8 Å². The zero-order valence-electron chi connectivity index (χ0n) is 10.1. The molecule has 0 amide bonds. The molecule has 0 bridgehead atoms. The van der Waals surface area contributed by atoms with E-state index < -0.39 is 0 Å². The van der Waals surface area contributed by atoms with Crippen LogP contribution in [0.3, 0.4) is 0 Å². The lowest BCUT2D eigenvalue weighted by molar-refractivity contribution is 1.21. The lowest BCUT2D eigenvalue weighted by Crippen LogP contribution is -1.95. The van der Waals surface area contributed by atoms with Gasteiger partial charge >= 0.3 is 0 Å². The van der Waals surface area contributed by atoms with E-state index in [1.54, 1.807) is 0 Å². The average Bonchev–Trinajstić information content (AvgIpc) is 2.75. The molecule has 83 valence electrons. The number of fused-ring (bicyclic) bond motifs is 1. The quantitative estimate of drug-likeness (QED) is 0.688. The Morgan fingerprint density at radius 3 is 2.59 bits per heavy atom. The van der Waals surface area contributed by atoms with Crippen LogP contribution in [0, 0.1) is 13.8 Å². The van der Waals surface area contributed by atoms with Crippen molar-refractivity contribution >= 4 is 17.5 Å².